The minimum atomic E-state index is -0.174. The van der Waals surface area contributed by atoms with Gasteiger partial charge < -0.3 is 14.0 Å². The van der Waals surface area contributed by atoms with Gasteiger partial charge in [0.1, 0.15) is 6.54 Å². The summed E-state index contributed by atoms with van der Waals surface area (Å²) in [6, 6.07) is 4.73. The zero-order valence-electron chi connectivity index (χ0n) is 12.7. The zero-order valence-corrected chi connectivity index (χ0v) is 12.7. The molecule has 7 heteroatoms. The molecule has 0 bridgehead atoms. The van der Waals surface area contributed by atoms with Crippen LogP contribution < -0.4 is 5.56 Å². The monoisotopic (exact) mass is 314 g/mol. The Bertz CT molecular complexity index is 777. The zero-order chi connectivity index (χ0) is 15.8. The van der Waals surface area contributed by atoms with Crippen molar-refractivity contribution in [3.05, 3.63) is 46.5 Å². The third kappa shape index (κ3) is 2.78. The fourth-order valence-corrected chi connectivity index (χ4v) is 3.04. The van der Waals surface area contributed by atoms with Crippen LogP contribution in [0.4, 0.5) is 0 Å². The highest BCUT2D eigenvalue weighted by Crippen LogP contribution is 2.40. The van der Waals surface area contributed by atoms with Crippen molar-refractivity contribution in [2.75, 3.05) is 6.54 Å². The predicted octanol–water partition coefficient (Wildman–Crippen LogP) is 1.47. The molecule has 1 unspecified atom stereocenters. The van der Waals surface area contributed by atoms with Gasteiger partial charge in [0.05, 0.1) is 6.04 Å². The van der Waals surface area contributed by atoms with E-state index in [2.05, 4.69) is 10.1 Å². The summed E-state index contributed by atoms with van der Waals surface area (Å²) in [4.78, 5) is 30.6. The molecular weight excluding hydrogens is 296 g/mol. The number of pyridine rings is 1. The molecule has 23 heavy (non-hydrogen) atoms. The fourth-order valence-electron chi connectivity index (χ4n) is 3.04. The normalized spacial score (nSPS) is 20.9. The van der Waals surface area contributed by atoms with Crippen LogP contribution in [0.1, 0.15) is 49.4 Å². The van der Waals surface area contributed by atoms with Crippen LogP contribution in [-0.2, 0) is 11.3 Å². The van der Waals surface area contributed by atoms with Crippen LogP contribution in [0.15, 0.2) is 33.7 Å². The first-order valence-corrected chi connectivity index (χ1v) is 8.01. The third-order valence-corrected chi connectivity index (χ3v) is 4.46. The van der Waals surface area contributed by atoms with Gasteiger partial charge in [-0.25, -0.2) is 0 Å². The van der Waals surface area contributed by atoms with Crippen LogP contribution in [0, 0.1) is 0 Å². The quantitative estimate of drug-likeness (QED) is 0.853. The van der Waals surface area contributed by atoms with Crippen LogP contribution in [0.25, 0.3) is 0 Å². The maximum atomic E-state index is 12.6. The second kappa shape index (κ2) is 5.64. The van der Waals surface area contributed by atoms with Crippen molar-refractivity contribution in [2.45, 2.75) is 44.2 Å². The molecular formula is C16H18N4O3. The first-order chi connectivity index (χ1) is 11.2. The number of aromatic nitrogens is 3. The molecule has 0 aromatic carbocycles. The van der Waals surface area contributed by atoms with Crippen molar-refractivity contribution in [1.82, 2.24) is 19.6 Å². The van der Waals surface area contributed by atoms with Crippen LogP contribution in [0.3, 0.4) is 0 Å². The van der Waals surface area contributed by atoms with Gasteiger partial charge in [0.15, 0.2) is 5.82 Å². The van der Waals surface area contributed by atoms with Crippen molar-refractivity contribution in [1.29, 1.82) is 0 Å². The Hall–Kier alpha value is -2.44. The van der Waals surface area contributed by atoms with Crippen molar-refractivity contribution in [3.8, 4) is 0 Å². The standard InChI is InChI=1S/C16H18N4O3/c21-13-5-1-2-8-19(13)10-14(22)20-9-3-4-12(20)15-17-16(23-18-15)11-6-7-11/h1-2,5,8,11-12H,3-4,6-7,9-10H2. The van der Waals surface area contributed by atoms with E-state index in [0.29, 0.717) is 24.2 Å². The van der Waals surface area contributed by atoms with Gasteiger partial charge in [-0.2, -0.15) is 4.98 Å². The predicted molar refractivity (Wildman–Crippen MR) is 80.7 cm³/mol. The summed E-state index contributed by atoms with van der Waals surface area (Å²) < 4.78 is 6.73. The molecule has 2 aromatic rings. The van der Waals surface area contributed by atoms with Gasteiger partial charge in [0.2, 0.25) is 11.8 Å². The molecule has 0 spiro atoms. The van der Waals surface area contributed by atoms with E-state index in [0.717, 1.165) is 25.7 Å². The Morgan fingerprint density at radius 2 is 2.17 bits per heavy atom. The van der Waals surface area contributed by atoms with Gasteiger partial charge in [-0.3, -0.25) is 9.59 Å². The molecule has 2 aliphatic rings. The molecule has 3 heterocycles. The summed E-state index contributed by atoms with van der Waals surface area (Å²) in [5, 5.41) is 4.07. The molecule has 0 radical (unpaired) electrons. The summed E-state index contributed by atoms with van der Waals surface area (Å²) in [6.45, 7) is 0.710. The first kappa shape index (κ1) is 14.2. The van der Waals surface area contributed by atoms with Gasteiger partial charge in [0, 0.05) is 24.7 Å². The minimum absolute atomic E-state index is 0.0451. The van der Waals surface area contributed by atoms with E-state index in [1.54, 1.807) is 23.2 Å². The molecule has 7 nitrogen and oxygen atoms in total. The summed E-state index contributed by atoms with van der Waals surface area (Å²) in [5.74, 6) is 1.61. The van der Waals surface area contributed by atoms with Crippen molar-refractivity contribution >= 4 is 5.91 Å². The van der Waals surface area contributed by atoms with Gasteiger partial charge in [-0.1, -0.05) is 11.2 Å². The minimum Gasteiger partial charge on any atom is -0.339 e. The van der Waals surface area contributed by atoms with Crippen molar-refractivity contribution in [2.24, 2.45) is 0 Å². The lowest BCUT2D eigenvalue weighted by atomic mass is 10.2. The largest absolute Gasteiger partial charge is 0.339 e. The Kier molecular flexibility index (Phi) is 3.48. The van der Waals surface area contributed by atoms with Gasteiger partial charge in [0.25, 0.3) is 5.56 Å². The second-order valence-corrected chi connectivity index (χ2v) is 6.18. The maximum Gasteiger partial charge on any atom is 0.250 e. The maximum absolute atomic E-state index is 12.6. The van der Waals surface area contributed by atoms with Crippen molar-refractivity contribution in [3.63, 3.8) is 0 Å². The molecule has 1 aliphatic carbocycles. The van der Waals surface area contributed by atoms with Gasteiger partial charge >= 0.3 is 0 Å². The van der Waals surface area contributed by atoms with E-state index in [-0.39, 0.29) is 24.1 Å². The number of hydrogen-bond donors (Lipinski definition) is 0. The van der Waals surface area contributed by atoms with Gasteiger partial charge in [-0.05, 0) is 31.7 Å². The van der Waals surface area contributed by atoms with E-state index in [1.165, 1.54) is 10.6 Å². The topological polar surface area (TPSA) is 81.2 Å². The SMILES string of the molecule is O=C(Cn1ccccc1=O)N1CCCC1c1noc(C2CC2)n1. The molecule has 2 aromatic heterocycles. The number of nitrogens with zero attached hydrogens (tertiary/aromatic N) is 4. The second-order valence-electron chi connectivity index (χ2n) is 6.18. The molecule has 1 saturated heterocycles. The Morgan fingerprint density at radius 3 is 2.96 bits per heavy atom. The lowest BCUT2D eigenvalue weighted by molar-refractivity contribution is -0.133. The number of carbonyl (C=O) groups is 1. The van der Waals surface area contributed by atoms with Crippen LogP contribution in [0.5, 0.6) is 0 Å². The molecule has 4 rings (SSSR count). The highest BCUT2D eigenvalue weighted by Gasteiger charge is 2.36. The summed E-state index contributed by atoms with van der Waals surface area (Å²) in [5.41, 5.74) is -0.174. The van der Waals surface area contributed by atoms with E-state index < -0.39 is 0 Å². The molecule has 2 fully saturated rings. The number of likely N-dealkylation sites (tertiary alicyclic amines) is 1. The van der Waals surface area contributed by atoms with E-state index in [1.807, 2.05) is 0 Å². The summed E-state index contributed by atoms with van der Waals surface area (Å²) in [6.07, 6.45) is 5.58. The molecule has 1 atom stereocenters. The highest BCUT2D eigenvalue weighted by atomic mass is 16.5. The Labute approximate surface area is 132 Å². The Balaban J connectivity index is 1.51. The molecule has 1 amide bonds. The lowest BCUT2D eigenvalue weighted by Gasteiger charge is -2.22. The van der Waals surface area contributed by atoms with Gasteiger partial charge in [-0.15, -0.1) is 0 Å². The van der Waals surface area contributed by atoms with E-state index in [4.69, 9.17) is 4.52 Å². The average Bonchev–Trinajstić information content (AvgIpc) is 3.10. The summed E-state index contributed by atoms with van der Waals surface area (Å²) >= 11 is 0. The Morgan fingerprint density at radius 1 is 1.30 bits per heavy atom. The summed E-state index contributed by atoms with van der Waals surface area (Å²) in [7, 11) is 0. The lowest BCUT2D eigenvalue weighted by Crippen LogP contribution is -2.36. The van der Waals surface area contributed by atoms with E-state index in [9.17, 15) is 9.59 Å². The van der Waals surface area contributed by atoms with Crippen LogP contribution >= 0.6 is 0 Å². The van der Waals surface area contributed by atoms with E-state index >= 15 is 0 Å². The molecule has 1 saturated carbocycles. The van der Waals surface area contributed by atoms with Crippen LogP contribution in [-0.4, -0.2) is 32.1 Å². The average molecular weight is 314 g/mol. The number of rotatable bonds is 4. The number of hydrogen-bond acceptors (Lipinski definition) is 5. The molecule has 0 N–H and O–H groups in total. The van der Waals surface area contributed by atoms with Crippen LogP contribution in [0.2, 0.25) is 0 Å². The highest BCUT2D eigenvalue weighted by molar-refractivity contribution is 5.76. The molecule has 1 aliphatic heterocycles. The smallest absolute Gasteiger partial charge is 0.250 e. The fraction of sp³-hybridized carbons (Fsp3) is 0.500. The first-order valence-electron chi connectivity index (χ1n) is 8.01. The van der Waals surface area contributed by atoms with Crippen molar-refractivity contribution < 1.29 is 9.32 Å². The molecule has 120 valence electrons. The number of carbonyl (C=O) groups excluding carboxylic acids is 1. The number of amides is 1. The third-order valence-electron chi connectivity index (χ3n) is 4.46.